The summed E-state index contributed by atoms with van der Waals surface area (Å²) < 4.78 is 2.35. The second-order valence-corrected chi connectivity index (χ2v) is 6.07. The zero-order valence-electron chi connectivity index (χ0n) is 12.8. The molecule has 1 fully saturated rings. The molecule has 1 aromatic carbocycles. The van der Waals surface area contributed by atoms with Gasteiger partial charge < -0.3 is 4.57 Å². The number of hydrogen-bond donors (Lipinski definition) is 0. The predicted molar refractivity (Wildman–Crippen MR) is 85.2 cm³/mol. The molecule has 0 atom stereocenters. The van der Waals surface area contributed by atoms with Gasteiger partial charge >= 0.3 is 0 Å². The Morgan fingerprint density at radius 3 is 2.57 bits per heavy atom. The van der Waals surface area contributed by atoms with Gasteiger partial charge in [0.1, 0.15) is 5.82 Å². The van der Waals surface area contributed by atoms with Gasteiger partial charge in [-0.25, -0.2) is 4.98 Å². The topological polar surface area (TPSA) is 41.6 Å². The number of aryl methyl sites for hydroxylation is 1. The molecular weight excluding hydrogens is 258 g/mol. The first kappa shape index (κ1) is 14.1. The van der Waals surface area contributed by atoms with Crippen LogP contribution in [0.1, 0.15) is 69.2 Å². The fourth-order valence-corrected chi connectivity index (χ4v) is 3.58. The van der Waals surface area contributed by atoms with Crippen LogP contribution >= 0.6 is 0 Å². The third-order valence-electron chi connectivity index (χ3n) is 4.69. The number of rotatable bonds is 2. The van der Waals surface area contributed by atoms with Crippen molar-refractivity contribution in [3.8, 4) is 6.07 Å². The fraction of sp³-hybridized carbons (Fsp3) is 0.556. The molecule has 1 heterocycles. The Bertz CT molecular complexity index is 655. The van der Waals surface area contributed by atoms with Crippen LogP contribution in [0.2, 0.25) is 0 Å². The average molecular weight is 281 g/mol. The number of imidazole rings is 1. The summed E-state index contributed by atoms with van der Waals surface area (Å²) in [5.41, 5.74) is 2.86. The first-order valence-corrected chi connectivity index (χ1v) is 8.23. The number of fused-ring (bicyclic) bond motifs is 1. The number of nitriles is 1. The molecule has 3 nitrogen and oxygen atoms in total. The van der Waals surface area contributed by atoms with Crippen LogP contribution in [0.15, 0.2) is 18.2 Å². The van der Waals surface area contributed by atoms with Crippen molar-refractivity contribution in [1.29, 1.82) is 5.26 Å². The highest BCUT2D eigenvalue weighted by atomic mass is 15.1. The molecule has 2 aromatic rings. The van der Waals surface area contributed by atoms with Crippen LogP contribution in [-0.4, -0.2) is 9.55 Å². The molecule has 1 aliphatic rings. The summed E-state index contributed by atoms with van der Waals surface area (Å²) >= 11 is 0. The highest BCUT2D eigenvalue weighted by Gasteiger charge is 2.20. The van der Waals surface area contributed by atoms with Crippen molar-refractivity contribution in [3.63, 3.8) is 0 Å². The second-order valence-electron chi connectivity index (χ2n) is 6.07. The van der Waals surface area contributed by atoms with E-state index in [9.17, 15) is 0 Å². The molecule has 0 saturated heterocycles. The summed E-state index contributed by atoms with van der Waals surface area (Å²) in [6, 6.07) is 8.09. The lowest BCUT2D eigenvalue weighted by Gasteiger charge is -2.20. The van der Waals surface area contributed by atoms with E-state index in [1.54, 1.807) is 0 Å². The van der Waals surface area contributed by atoms with Crippen LogP contribution in [0.25, 0.3) is 11.0 Å². The second kappa shape index (κ2) is 6.30. The minimum atomic E-state index is 0.586. The third kappa shape index (κ3) is 2.81. The van der Waals surface area contributed by atoms with E-state index in [1.807, 2.05) is 12.1 Å². The molecule has 110 valence electrons. The Hall–Kier alpha value is -1.82. The monoisotopic (exact) mass is 281 g/mol. The molecule has 1 saturated carbocycles. The largest absolute Gasteiger partial charge is 0.328 e. The summed E-state index contributed by atoms with van der Waals surface area (Å²) in [6.45, 7) is 3.14. The number of nitrogens with zero attached hydrogens (tertiary/aromatic N) is 3. The van der Waals surface area contributed by atoms with Crippen molar-refractivity contribution >= 4 is 11.0 Å². The average Bonchev–Trinajstić information content (AvgIpc) is 2.84. The molecule has 0 spiro atoms. The van der Waals surface area contributed by atoms with E-state index >= 15 is 0 Å². The van der Waals surface area contributed by atoms with Crippen LogP contribution in [-0.2, 0) is 6.54 Å². The van der Waals surface area contributed by atoms with Crippen LogP contribution < -0.4 is 0 Å². The fourth-order valence-electron chi connectivity index (χ4n) is 3.58. The van der Waals surface area contributed by atoms with E-state index < -0.39 is 0 Å². The Morgan fingerprint density at radius 2 is 1.90 bits per heavy atom. The van der Waals surface area contributed by atoms with E-state index in [4.69, 9.17) is 10.2 Å². The SMILES string of the molecule is CCn1c(C2CCCCCCC2)nc2cc(C#N)ccc21. The lowest BCUT2D eigenvalue weighted by Crippen LogP contribution is -2.10. The predicted octanol–water partition coefficient (Wildman–Crippen LogP) is 4.76. The maximum absolute atomic E-state index is 9.06. The first-order valence-electron chi connectivity index (χ1n) is 8.23. The molecule has 1 aliphatic carbocycles. The smallest absolute Gasteiger partial charge is 0.112 e. The van der Waals surface area contributed by atoms with Gasteiger partial charge in [0.25, 0.3) is 0 Å². The van der Waals surface area contributed by atoms with E-state index in [0.717, 1.165) is 12.1 Å². The molecule has 0 radical (unpaired) electrons. The van der Waals surface area contributed by atoms with Gasteiger partial charge in [-0.1, -0.05) is 32.1 Å². The molecule has 3 rings (SSSR count). The Kier molecular flexibility index (Phi) is 4.24. The minimum absolute atomic E-state index is 0.586. The van der Waals surface area contributed by atoms with Crippen LogP contribution in [0, 0.1) is 11.3 Å². The minimum Gasteiger partial charge on any atom is -0.328 e. The maximum atomic E-state index is 9.06. The van der Waals surface area contributed by atoms with Crippen LogP contribution in [0.5, 0.6) is 0 Å². The molecule has 0 bridgehead atoms. The molecule has 0 unspecified atom stereocenters. The highest BCUT2D eigenvalue weighted by molar-refractivity contribution is 5.77. The van der Waals surface area contributed by atoms with E-state index in [2.05, 4.69) is 23.6 Å². The van der Waals surface area contributed by atoms with Crippen molar-refractivity contribution < 1.29 is 0 Å². The summed E-state index contributed by atoms with van der Waals surface area (Å²) in [4.78, 5) is 4.90. The summed E-state index contributed by atoms with van der Waals surface area (Å²) in [5.74, 6) is 1.83. The normalized spacial score (nSPS) is 17.3. The van der Waals surface area contributed by atoms with Gasteiger partial charge in [-0.05, 0) is 38.0 Å². The van der Waals surface area contributed by atoms with Crippen molar-refractivity contribution in [2.45, 2.75) is 64.3 Å². The van der Waals surface area contributed by atoms with Gasteiger partial charge in [0, 0.05) is 12.5 Å². The quantitative estimate of drug-likeness (QED) is 0.796. The molecule has 0 aliphatic heterocycles. The van der Waals surface area contributed by atoms with Crippen molar-refractivity contribution in [2.24, 2.45) is 0 Å². The Labute approximate surface area is 126 Å². The van der Waals surface area contributed by atoms with Crippen LogP contribution in [0.4, 0.5) is 0 Å². The van der Waals surface area contributed by atoms with Crippen LogP contribution in [0.3, 0.4) is 0 Å². The lowest BCUT2D eigenvalue weighted by atomic mass is 9.90. The van der Waals surface area contributed by atoms with E-state index in [1.165, 1.54) is 56.3 Å². The molecular formula is C18H23N3. The summed E-state index contributed by atoms with van der Waals surface area (Å²) in [7, 11) is 0. The zero-order chi connectivity index (χ0) is 14.7. The lowest BCUT2D eigenvalue weighted by molar-refractivity contribution is 0.433. The van der Waals surface area contributed by atoms with Gasteiger partial charge in [0.15, 0.2) is 0 Å². The van der Waals surface area contributed by atoms with E-state index in [0.29, 0.717) is 11.5 Å². The molecule has 0 amide bonds. The van der Waals surface area contributed by atoms with Gasteiger partial charge in [-0.2, -0.15) is 5.26 Å². The van der Waals surface area contributed by atoms with E-state index in [-0.39, 0.29) is 0 Å². The molecule has 3 heteroatoms. The zero-order valence-corrected chi connectivity index (χ0v) is 12.8. The van der Waals surface area contributed by atoms with Crippen molar-refractivity contribution in [3.05, 3.63) is 29.6 Å². The summed E-state index contributed by atoms with van der Waals surface area (Å²) in [6.07, 6.45) is 9.27. The van der Waals surface area contributed by atoms with Crippen molar-refractivity contribution in [1.82, 2.24) is 9.55 Å². The van der Waals surface area contributed by atoms with Gasteiger partial charge in [-0.15, -0.1) is 0 Å². The Balaban J connectivity index is 2.02. The van der Waals surface area contributed by atoms with Gasteiger partial charge in [0.05, 0.1) is 22.7 Å². The Morgan fingerprint density at radius 1 is 1.19 bits per heavy atom. The highest BCUT2D eigenvalue weighted by Crippen LogP contribution is 2.32. The number of hydrogen-bond acceptors (Lipinski definition) is 2. The van der Waals surface area contributed by atoms with Crippen molar-refractivity contribution in [2.75, 3.05) is 0 Å². The third-order valence-corrected chi connectivity index (χ3v) is 4.69. The molecule has 21 heavy (non-hydrogen) atoms. The molecule has 0 N–H and O–H groups in total. The summed E-state index contributed by atoms with van der Waals surface area (Å²) in [5, 5.41) is 9.06. The van der Waals surface area contributed by atoms with Gasteiger partial charge in [0.2, 0.25) is 0 Å². The number of benzene rings is 1. The standard InChI is InChI=1S/C18H23N3/c1-2-21-17-11-10-14(13-19)12-16(17)20-18(21)15-8-6-4-3-5-7-9-15/h10-12,15H,2-9H2,1H3. The first-order chi connectivity index (χ1) is 10.3. The number of aromatic nitrogens is 2. The van der Waals surface area contributed by atoms with Gasteiger partial charge in [-0.3, -0.25) is 0 Å². The molecule has 1 aromatic heterocycles. The maximum Gasteiger partial charge on any atom is 0.112 e.